The first-order valence-corrected chi connectivity index (χ1v) is 11.0. The Kier molecular flexibility index (Phi) is 5.84. The van der Waals surface area contributed by atoms with Gasteiger partial charge in [0.25, 0.3) is 0 Å². The molecular weight excluding hydrogens is 495 g/mol. The molecule has 2 aromatic rings. The number of nitrogens with two attached hydrogens (primary N) is 1. The molecule has 0 aromatic heterocycles. The molecule has 1 saturated carbocycles. The largest absolute Gasteiger partial charge is 0.495 e. The van der Waals surface area contributed by atoms with Crippen molar-refractivity contribution in [3.05, 3.63) is 44.8 Å². The highest BCUT2D eigenvalue weighted by molar-refractivity contribution is 9.10. The SMILES string of the molecule is COc1ccc(Oc2c(Cl)cc(Br)cc2Cl)cc1S(=O)(=O)NC1(C(N)=O)CC1. The summed E-state index contributed by atoms with van der Waals surface area (Å²) in [4.78, 5) is 11.4. The van der Waals surface area contributed by atoms with E-state index in [0.717, 1.165) is 0 Å². The van der Waals surface area contributed by atoms with Crippen molar-refractivity contribution in [3.63, 3.8) is 0 Å². The number of halogens is 3. The molecule has 1 aliphatic carbocycles. The van der Waals surface area contributed by atoms with E-state index in [4.69, 9.17) is 38.4 Å². The molecule has 1 amide bonds. The normalized spacial score (nSPS) is 15.1. The third-order valence-corrected chi connectivity index (χ3v) is 6.74. The van der Waals surface area contributed by atoms with Crippen molar-refractivity contribution in [2.75, 3.05) is 7.11 Å². The van der Waals surface area contributed by atoms with Crippen LogP contribution in [0.2, 0.25) is 10.0 Å². The summed E-state index contributed by atoms with van der Waals surface area (Å²) in [6.07, 6.45) is 0.675. The smallest absolute Gasteiger partial charge is 0.245 e. The van der Waals surface area contributed by atoms with Crippen molar-refractivity contribution < 1.29 is 22.7 Å². The quantitative estimate of drug-likeness (QED) is 0.589. The molecule has 3 N–H and O–H groups in total. The highest BCUT2D eigenvalue weighted by Gasteiger charge is 2.52. The van der Waals surface area contributed by atoms with Crippen LogP contribution in [0.4, 0.5) is 0 Å². The van der Waals surface area contributed by atoms with E-state index < -0.39 is 21.5 Å². The van der Waals surface area contributed by atoms with Crippen molar-refractivity contribution in [1.29, 1.82) is 0 Å². The standard InChI is InChI=1S/C17H15BrCl2N2O5S/c1-26-13-3-2-10(27-15-11(19)6-9(18)7-12(15)20)8-14(13)28(24,25)22-17(4-5-17)16(21)23/h2-3,6-8,22H,4-5H2,1H3,(H2,21,23). The second-order valence-corrected chi connectivity index (χ2v) is 9.55. The van der Waals surface area contributed by atoms with E-state index in [-0.39, 0.29) is 32.2 Å². The molecule has 0 atom stereocenters. The molecule has 0 bridgehead atoms. The van der Waals surface area contributed by atoms with Gasteiger partial charge in [-0.05, 0) is 37.1 Å². The molecule has 3 rings (SSSR count). The first-order valence-electron chi connectivity index (χ1n) is 7.92. The molecule has 0 aliphatic heterocycles. The van der Waals surface area contributed by atoms with Crippen molar-refractivity contribution in [1.82, 2.24) is 4.72 Å². The van der Waals surface area contributed by atoms with Gasteiger partial charge in [0.2, 0.25) is 15.9 Å². The van der Waals surface area contributed by atoms with Crippen LogP contribution in [0.3, 0.4) is 0 Å². The summed E-state index contributed by atoms with van der Waals surface area (Å²) in [6.45, 7) is 0. The second kappa shape index (κ2) is 7.72. The van der Waals surface area contributed by atoms with Crippen LogP contribution in [0.15, 0.2) is 39.7 Å². The molecule has 28 heavy (non-hydrogen) atoms. The molecule has 7 nitrogen and oxygen atoms in total. The Balaban J connectivity index is 1.98. The van der Waals surface area contributed by atoms with Crippen molar-refractivity contribution in [2.24, 2.45) is 5.73 Å². The summed E-state index contributed by atoms with van der Waals surface area (Å²) in [7, 11) is -2.78. The fourth-order valence-corrected chi connectivity index (χ4v) is 5.41. The zero-order valence-electron chi connectivity index (χ0n) is 14.5. The van der Waals surface area contributed by atoms with Gasteiger partial charge in [-0.2, -0.15) is 4.72 Å². The Bertz CT molecular complexity index is 1030. The van der Waals surface area contributed by atoms with E-state index in [2.05, 4.69) is 20.7 Å². The first-order chi connectivity index (χ1) is 13.1. The Morgan fingerprint density at radius 1 is 1.21 bits per heavy atom. The maximum Gasteiger partial charge on any atom is 0.245 e. The summed E-state index contributed by atoms with van der Waals surface area (Å²) >= 11 is 15.6. The summed E-state index contributed by atoms with van der Waals surface area (Å²) in [5.74, 6) is -0.316. The summed E-state index contributed by atoms with van der Waals surface area (Å²) in [5, 5.41) is 0.478. The van der Waals surface area contributed by atoms with E-state index in [0.29, 0.717) is 17.3 Å². The summed E-state index contributed by atoms with van der Waals surface area (Å²) in [5.41, 5.74) is 4.05. The molecule has 0 saturated heterocycles. The number of ether oxygens (including phenoxy) is 2. The predicted octanol–water partition coefficient (Wildman–Crippen LogP) is 3.85. The molecule has 0 radical (unpaired) electrons. The Labute approximate surface area is 180 Å². The van der Waals surface area contributed by atoms with Crippen LogP contribution in [0.5, 0.6) is 17.2 Å². The van der Waals surface area contributed by atoms with Crippen LogP contribution < -0.4 is 19.9 Å². The van der Waals surface area contributed by atoms with Gasteiger partial charge in [-0.25, -0.2) is 8.42 Å². The van der Waals surface area contributed by atoms with Gasteiger partial charge in [0.05, 0.1) is 17.2 Å². The molecule has 11 heteroatoms. The number of hydrogen-bond acceptors (Lipinski definition) is 5. The van der Waals surface area contributed by atoms with E-state index >= 15 is 0 Å². The number of carbonyl (C=O) groups excluding carboxylic acids is 1. The van der Waals surface area contributed by atoms with Gasteiger partial charge < -0.3 is 15.2 Å². The third-order valence-electron chi connectivity index (χ3n) is 4.16. The second-order valence-electron chi connectivity index (χ2n) is 6.17. The Morgan fingerprint density at radius 3 is 2.32 bits per heavy atom. The van der Waals surface area contributed by atoms with E-state index in [1.807, 2.05) is 0 Å². The van der Waals surface area contributed by atoms with Gasteiger partial charge in [0.1, 0.15) is 21.9 Å². The maximum absolute atomic E-state index is 12.8. The lowest BCUT2D eigenvalue weighted by atomic mass is 10.3. The topological polar surface area (TPSA) is 108 Å². The number of hydrogen-bond donors (Lipinski definition) is 2. The molecule has 150 valence electrons. The number of rotatable bonds is 7. The summed E-state index contributed by atoms with van der Waals surface area (Å²) < 4.78 is 39.6. The highest BCUT2D eigenvalue weighted by atomic mass is 79.9. The van der Waals surface area contributed by atoms with Crippen molar-refractivity contribution in [3.8, 4) is 17.2 Å². The highest BCUT2D eigenvalue weighted by Crippen LogP contribution is 2.41. The average molecular weight is 510 g/mol. The molecule has 1 aliphatic rings. The van der Waals surface area contributed by atoms with Gasteiger partial charge in [-0.1, -0.05) is 39.1 Å². The lowest BCUT2D eigenvalue weighted by Gasteiger charge is -2.17. The molecular formula is C17H15BrCl2N2O5S. The van der Waals surface area contributed by atoms with Crippen molar-refractivity contribution >= 4 is 55.1 Å². The maximum atomic E-state index is 12.8. The van der Waals surface area contributed by atoms with Gasteiger partial charge >= 0.3 is 0 Å². The van der Waals surface area contributed by atoms with Crippen LogP contribution in [0.1, 0.15) is 12.8 Å². The van der Waals surface area contributed by atoms with Crippen LogP contribution in [0, 0.1) is 0 Å². The van der Waals surface area contributed by atoms with E-state index in [1.165, 1.54) is 25.3 Å². The van der Waals surface area contributed by atoms with Gasteiger partial charge in [0.15, 0.2) is 5.75 Å². The molecule has 1 fully saturated rings. The number of sulfonamides is 1. The number of carbonyl (C=O) groups is 1. The number of amides is 1. The number of primary amides is 1. The van der Waals surface area contributed by atoms with Crippen molar-refractivity contribution in [2.45, 2.75) is 23.3 Å². The molecule has 2 aromatic carbocycles. The Morgan fingerprint density at radius 2 is 1.82 bits per heavy atom. The minimum absolute atomic E-state index is 0.0770. The summed E-state index contributed by atoms with van der Waals surface area (Å²) in [6, 6.07) is 7.37. The lowest BCUT2D eigenvalue weighted by Crippen LogP contribution is -2.46. The average Bonchev–Trinajstić information content (AvgIpc) is 3.38. The number of benzene rings is 2. The fourth-order valence-electron chi connectivity index (χ4n) is 2.51. The van der Waals surface area contributed by atoms with Crippen LogP contribution in [0.25, 0.3) is 0 Å². The number of nitrogens with one attached hydrogen (secondary N) is 1. The minimum atomic E-state index is -4.11. The van der Waals surface area contributed by atoms with E-state index in [1.54, 1.807) is 12.1 Å². The van der Waals surface area contributed by atoms with Crippen LogP contribution in [-0.4, -0.2) is 27.0 Å². The monoisotopic (exact) mass is 508 g/mol. The van der Waals surface area contributed by atoms with Crippen LogP contribution >= 0.6 is 39.1 Å². The molecule has 0 unspecified atom stereocenters. The zero-order valence-corrected chi connectivity index (χ0v) is 18.4. The number of methoxy groups -OCH3 is 1. The molecule has 0 heterocycles. The zero-order chi connectivity index (χ0) is 20.7. The van der Waals surface area contributed by atoms with Gasteiger partial charge in [-0.3, -0.25) is 4.79 Å². The lowest BCUT2D eigenvalue weighted by molar-refractivity contribution is -0.120. The predicted molar refractivity (Wildman–Crippen MR) is 109 cm³/mol. The third kappa shape index (κ3) is 4.23. The van der Waals surface area contributed by atoms with Gasteiger partial charge in [0, 0.05) is 10.5 Å². The van der Waals surface area contributed by atoms with E-state index in [9.17, 15) is 13.2 Å². The Hall–Kier alpha value is -1.52. The fraction of sp³-hybridized carbons (Fsp3) is 0.235. The van der Waals surface area contributed by atoms with Crippen LogP contribution in [-0.2, 0) is 14.8 Å². The first kappa shape index (κ1) is 21.2. The molecule has 0 spiro atoms. The van der Waals surface area contributed by atoms with Gasteiger partial charge in [-0.15, -0.1) is 0 Å². The minimum Gasteiger partial charge on any atom is -0.495 e.